The molecule has 1 amide bonds. The maximum Gasteiger partial charge on any atom is 0.331 e. The van der Waals surface area contributed by atoms with Crippen LogP contribution in [0.1, 0.15) is 38.8 Å². The number of benzene rings is 1. The number of ether oxygens (including phenoxy) is 2. The molecule has 130 valence electrons. The molecule has 0 spiro atoms. The van der Waals surface area contributed by atoms with Gasteiger partial charge in [0.2, 0.25) is 5.91 Å². The van der Waals surface area contributed by atoms with Gasteiger partial charge in [-0.15, -0.1) is 0 Å². The lowest BCUT2D eigenvalue weighted by Gasteiger charge is -2.18. The van der Waals surface area contributed by atoms with Crippen molar-refractivity contribution in [1.82, 2.24) is 5.32 Å². The SMILES string of the molecule is CCC(=O)N[C@@H](COC(=O)/C=C/C(=O)OC(C)C)c1ccccc1. The molecule has 1 rings (SSSR count). The van der Waals surface area contributed by atoms with E-state index < -0.39 is 18.0 Å². The average Bonchev–Trinajstić information content (AvgIpc) is 2.56. The number of hydrogen-bond donors (Lipinski definition) is 1. The summed E-state index contributed by atoms with van der Waals surface area (Å²) in [6.45, 7) is 5.14. The Labute approximate surface area is 141 Å². The first kappa shape index (κ1) is 19.4. The van der Waals surface area contributed by atoms with E-state index in [1.807, 2.05) is 30.3 Å². The molecule has 0 saturated heterocycles. The second-order valence-corrected chi connectivity index (χ2v) is 5.33. The number of carbonyl (C=O) groups excluding carboxylic acids is 3. The van der Waals surface area contributed by atoms with Crippen LogP contribution in [0, 0.1) is 0 Å². The second-order valence-electron chi connectivity index (χ2n) is 5.33. The third-order valence-corrected chi connectivity index (χ3v) is 2.96. The van der Waals surface area contributed by atoms with Gasteiger partial charge in [-0.2, -0.15) is 0 Å². The molecule has 0 saturated carbocycles. The van der Waals surface area contributed by atoms with Crippen LogP contribution in [0.2, 0.25) is 0 Å². The number of hydrogen-bond acceptors (Lipinski definition) is 5. The Bertz CT molecular complexity index is 580. The van der Waals surface area contributed by atoms with E-state index in [1.54, 1.807) is 20.8 Å². The molecule has 0 aliphatic carbocycles. The van der Waals surface area contributed by atoms with Crippen molar-refractivity contribution in [1.29, 1.82) is 0 Å². The molecule has 0 aliphatic heterocycles. The van der Waals surface area contributed by atoms with E-state index in [-0.39, 0.29) is 18.6 Å². The number of nitrogens with one attached hydrogen (secondary N) is 1. The summed E-state index contributed by atoms with van der Waals surface area (Å²) in [5, 5.41) is 2.80. The zero-order chi connectivity index (χ0) is 17.9. The van der Waals surface area contributed by atoms with E-state index >= 15 is 0 Å². The Balaban J connectivity index is 2.61. The summed E-state index contributed by atoms with van der Waals surface area (Å²) in [6, 6.07) is 8.76. The monoisotopic (exact) mass is 333 g/mol. The predicted octanol–water partition coefficient (Wildman–Crippen LogP) is 2.30. The summed E-state index contributed by atoms with van der Waals surface area (Å²) < 4.78 is 9.98. The van der Waals surface area contributed by atoms with Gasteiger partial charge >= 0.3 is 11.9 Å². The summed E-state index contributed by atoms with van der Waals surface area (Å²) in [7, 11) is 0. The summed E-state index contributed by atoms with van der Waals surface area (Å²) >= 11 is 0. The van der Waals surface area contributed by atoms with Crippen molar-refractivity contribution in [3.8, 4) is 0 Å². The molecule has 1 aromatic carbocycles. The van der Waals surface area contributed by atoms with E-state index in [0.717, 1.165) is 17.7 Å². The average molecular weight is 333 g/mol. The van der Waals surface area contributed by atoms with Crippen LogP contribution in [0.4, 0.5) is 0 Å². The Kier molecular flexibility index (Phi) is 8.25. The summed E-state index contributed by atoms with van der Waals surface area (Å²) in [5.41, 5.74) is 0.829. The van der Waals surface area contributed by atoms with Crippen LogP contribution < -0.4 is 5.32 Å². The third kappa shape index (κ3) is 7.58. The van der Waals surface area contributed by atoms with Crippen LogP contribution in [0.25, 0.3) is 0 Å². The zero-order valence-corrected chi connectivity index (χ0v) is 14.2. The van der Waals surface area contributed by atoms with Crippen LogP contribution >= 0.6 is 0 Å². The zero-order valence-electron chi connectivity index (χ0n) is 14.2. The van der Waals surface area contributed by atoms with Crippen molar-refractivity contribution in [3.05, 3.63) is 48.0 Å². The highest BCUT2D eigenvalue weighted by Crippen LogP contribution is 2.13. The largest absolute Gasteiger partial charge is 0.460 e. The highest BCUT2D eigenvalue weighted by molar-refractivity contribution is 5.91. The summed E-state index contributed by atoms with van der Waals surface area (Å²) in [6.07, 6.45) is 2.10. The molecule has 24 heavy (non-hydrogen) atoms. The van der Waals surface area contributed by atoms with E-state index in [9.17, 15) is 14.4 Å². The molecule has 6 heteroatoms. The first-order valence-corrected chi connectivity index (χ1v) is 7.82. The highest BCUT2D eigenvalue weighted by atomic mass is 16.5. The Hall–Kier alpha value is -2.63. The number of rotatable bonds is 8. The van der Waals surface area contributed by atoms with Crippen LogP contribution in [0.15, 0.2) is 42.5 Å². The Morgan fingerprint density at radius 2 is 1.71 bits per heavy atom. The molecule has 1 N–H and O–H groups in total. The van der Waals surface area contributed by atoms with Crippen LogP contribution in [-0.2, 0) is 23.9 Å². The smallest absolute Gasteiger partial charge is 0.331 e. The number of carbonyl (C=O) groups is 3. The normalized spacial score (nSPS) is 12.0. The molecule has 0 unspecified atom stereocenters. The van der Waals surface area contributed by atoms with Gasteiger partial charge in [0.15, 0.2) is 0 Å². The standard InChI is InChI=1S/C18H23NO5/c1-4-16(20)19-15(14-8-6-5-7-9-14)12-23-17(21)10-11-18(22)24-13(2)3/h5-11,13,15H,4,12H2,1-3H3,(H,19,20)/b11-10+/t15-/m0/s1. The van der Waals surface area contributed by atoms with E-state index in [4.69, 9.17) is 9.47 Å². The number of esters is 2. The van der Waals surface area contributed by atoms with Gasteiger partial charge in [-0.25, -0.2) is 9.59 Å². The topological polar surface area (TPSA) is 81.7 Å². The fourth-order valence-electron chi connectivity index (χ4n) is 1.82. The maximum atomic E-state index is 11.7. The predicted molar refractivity (Wildman–Crippen MR) is 88.9 cm³/mol. The van der Waals surface area contributed by atoms with Crippen molar-refractivity contribution in [3.63, 3.8) is 0 Å². The molecule has 1 atom stereocenters. The van der Waals surface area contributed by atoms with Gasteiger partial charge in [-0.3, -0.25) is 4.79 Å². The highest BCUT2D eigenvalue weighted by Gasteiger charge is 2.15. The first-order chi connectivity index (χ1) is 11.4. The van der Waals surface area contributed by atoms with Crippen molar-refractivity contribution in [2.45, 2.75) is 39.3 Å². The van der Waals surface area contributed by atoms with Crippen LogP contribution in [0.3, 0.4) is 0 Å². The number of amides is 1. The van der Waals surface area contributed by atoms with Crippen LogP contribution in [0.5, 0.6) is 0 Å². The minimum Gasteiger partial charge on any atom is -0.460 e. The van der Waals surface area contributed by atoms with Crippen molar-refractivity contribution in [2.75, 3.05) is 6.61 Å². The van der Waals surface area contributed by atoms with Crippen molar-refractivity contribution < 1.29 is 23.9 Å². The Morgan fingerprint density at radius 1 is 1.08 bits per heavy atom. The van der Waals surface area contributed by atoms with Gasteiger partial charge in [-0.05, 0) is 19.4 Å². The lowest BCUT2D eigenvalue weighted by Crippen LogP contribution is -2.31. The molecule has 0 fully saturated rings. The Morgan fingerprint density at radius 3 is 2.29 bits per heavy atom. The van der Waals surface area contributed by atoms with Gasteiger partial charge in [0, 0.05) is 18.6 Å². The van der Waals surface area contributed by atoms with Gasteiger partial charge in [0.25, 0.3) is 0 Å². The fourth-order valence-corrected chi connectivity index (χ4v) is 1.82. The third-order valence-electron chi connectivity index (χ3n) is 2.96. The molecular weight excluding hydrogens is 310 g/mol. The van der Waals surface area contributed by atoms with Gasteiger partial charge in [0.1, 0.15) is 6.61 Å². The maximum absolute atomic E-state index is 11.7. The van der Waals surface area contributed by atoms with Crippen LogP contribution in [-0.4, -0.2) is 30.6 Å². The second kappa shape index (κ2) is 10.2. The minimum absolute atomic E-state index is 0.0296. The molecule has 0 heterocycles. The van der Waals surface area contributed by atoms with Crippen molar-refractivity contribution in [2.24, 2.45) is 0 Å². The quantitative estimate of drug-likeness (QED) is 0.583. The molecule has 0 aliphatic rings. The lowest BCUT2D eigenvalue weighted by atomic mass is 10.1. The summed E-state index contributed by atoms with van der Waals surface area (Å²) in [4.78, 5) is 34.7. The fraction of sp³-hybridized carbons (Fsp3) is 0.389. The molecule has 1 aromatic rings. The molecule has 0 aromatic heterocycles. The minimum atomic E-state index is -0.678. The molecular formula is C18H23NO5. The molecule has 6 nitrogen and oxygen atoms in total. The summed E-state index contributed by atoms with van der Waals surface area (Å²) in [5.74, 6) is -1.43. The van der Waals surface area contributed by atoms with Gasteiger partial charge in [-0.1, -0.05) is 37.3 Å². The van der Waals surface area contributed by atoms with Gasteiger partial charge < -0.3 is 14.8 Å². The van der Waals surface area contributed by atoms with E-state index in [1.165, 1.54) is 0 Å². The van der Waals surface area contributed by atoms with Crippen molar-refractivity contribution >= 4 is 17.8 Å². The van der Waals surface area contributed by atoms with Gasteiger partial charge in [0.05, 0.1) is 12.1 Å². The van der Waals surface area contributed by atoms with E-state index in [2.05, 4.69) is 5.32 Å². The molecule has 0 bridgehead atoms. The first-order valence-electron chi connectivity index (χ1n) is 7.82. The molecule has 0 radical (unpaired) electrons. The lowest BCUT2D eigenvalue weighted by molar-refractivity contribution is -0.143. The van der Waals surface area contributed by atoms with E-state index in [0.29, 0.717) is 6.42 Å².